The number of fused-ring (bicyclic) bond motifs is 1. The Bertz CT molecular complexity index is 1120. The molecule has 134 valence electrons. The number of para-hydroxylation sites is 1. The van der Waals surface area contributed by atoms with Crippen molar-refractivity contribution in [1.82, 2.24) is 14.8 Å². The molecule has 7 heteroatoms. The van der Waals surface area contributed by atoms with Gasteiger partial charge in [0.25, 0.3) is 11.5 Å². The standard InChI is InChI=1S/C20H16N4O2S/c25-18(17-13-21-20-23(19(17)26)11-12-27-20)22-24(16-9-5-2-6-10-16)14-15-7-3-1-4-8-15/h1-13H,14H2,(H,22,25). The van der Waals surface area contributed by atoms with Gasteiger partial charge in [-0.2, -0.15) is 0 Å². The lowest BCUT2D eigenvalue weighted by Gasteiger charge is -2.25. The molecule has 0 aliphatic carbocycles. The van der Waals surface area contributed by atoms with Gasteiger partial charge in [-0.1, -0.05) is 48.5 Å². The molecule has 2 aromatic heterocycles. The van der Waals surface area contributed by atoms with E-state index >= 15 is 0 Å². The third-order valence-corrected chi connectivity index (χ3v) is 4.85. The Morgan fingerprint density at radius 3 is 2.52 bits per heavy atom. The van der Waals surface area contributed by atoms with Crippen LogP contribution in [0.1, 0.15) is 15.9 Å². The minimum atomic E-state index is -0.493. The van der Waals surface area contributed by atoms with Gasteiger partial charge in [0.05, 0.1) is 12.2 Å². The lowest BCUT2D eigenvalue weighted by molar-refractivity contribution is 0.0946. The van der Waals surface area contributed by atoms with Crippen molar-refractivity contribution in [3.63, 3.8) is 0 Å². The van der Waals surface area contributed by atoms with E-state index in [-0.39, 0.29) is 11.1 Å². The van der Waals surface area contributed by atoms with Crippen LogP contribution in [0.4, 0.5) is 5.69 Å². The number of hydrogen-bond donors (Lipinski definition) is 1. The number of amides is 1. The van der Waals surface area contributed by atoms with Gasteiger partial charge in [-0.3, -0.25) is 24.4 Å². The number of hydrogen-bond acceptors (Lipinski definition) is 5. The van der Waals surface area contributed by atoms with E-state index in [2.05, 4.69) is 10.4 Å². The van der Waals surface area contributed by atoms with Crippen molar-refractivity contribution in [3.05, 3.63) is 99.9 Å². The minimum absolute atomic E-state index is 0.0000993. The Kier molecular flexibility index (Phi) is 4.67. The summed E-state index contributed by atoms with van der Waals surface area (Å²) in [5.41, 5.74) is 4.31. The SMILES string of the molecule is O=C(NN(Cc1ccccc1)c1ccccc1)c1cnc2sccn2c1=O. The molecule has 0 atom stereocenters. The van der Waals surface area contributed by atoms with Gasteiger partial charge in [0.1, 0.15) is 5.56 Å². The highest BCUT2D eigenvalue weighted by atomic mass is 32.1. The van der Waals surface area contributed by atoms with E-state index in [1.54, 1.807) is 16.6 Å². The van der Waals surface area contributed by atoms with Crippen molar-refractivity contribution in [3.8, 4) is 0 Å². The van der Waals surface area contributed by atoms with Gasteiger partial charge in [0.15, 0.2) is 4.96 Å². The van der Waals surface area contributed by atoms with Crippen LogP contribution in [0.5, 0.6) is 0 Å². The van der Waals surface area contributed by atoms with E-state index in [0.717, 1.165) is 11.3 Å². The molecule has 0 radical (unpaired) electrons. The molecule has 4 aromatic rings. The van der Waals surface area contributed by atoms with E-state index in [9.17, 15) is 9.59 Å². The summed E-state index contributed by atoms with van der Waals surface area (Å²) in [6.45, 7) is 0.464. The Morgan fingerprint density at radius 2 is 1.78 bits per heavy atom. The lowest BCUT2D eigenvalue weighted by atomic mass is 10.2. The quantitative estimate of drug-likeness (QED) is 0.544. The molecule has 6 nitrogen and oxygen atoms in total. The second-order valence-electron chi connectivity index (χ2n) is 5.88. The van der Waals surface area contributed by atoms with E-state index in [1.807, 2.05) is 60.7 Å². The van der Waals surface area contributed by atoms with Gasteiger partial charge in [-0.05, 0) is 17.7 Å². The molecule has 0 saturated carbocycles. The molecule has 0 aliphatic heterocycles. The number of hydrazine groups is 1. The highest BCUT2D eigenvalue weighted by Crippen LogP contribution is 2.15. The van der Waals surface area contributed by atoms with Crippen molar-refractivity contribution >= 4 is 27.9 Å². The molecule has 4 rings (SSSR count). The van der Waals surface area contributed by atoms with Crippen LogP contribution < -0.4 is 16.0 Å². The van der Waals surface area contributed by atoms with Gasteiger partial charge < -0.3 is 0 Å². The number of carbonyl (C=O) groups is 1. The number of benzene rings is 2. The van der Waals surface area contributed by atoms with Crippen LogP contribution in [0, 0.1) is 0 Å². The van der Waals surface area contributed by atoms with Crippen LogP contribution in [-0.2, 0) is 6.54 Å². The number of nitrogens with zero attached hydrogens (tertiary/aromatic N) is 3. The minimum Gasteiger partial charge on any atom is -0.281 e. The number of nitrogens with one attached hydrogen (secondary N) is 1. The zero-order valence-electron chi connectivity index (χ0n) is 14.3. The van der Waals surface area contributed by atoms with Crippen LogP contribution in [0.25, 0.3) is 4.96 Å². The number of carbonyl (C=O) groups excluding carboxylic acids is 1. The molecular formula is C20H16N4O2S. The summed E-state index contributed by atoms with van der Waals surface area (Å²) in [7, 11) is 0. The third kappa shape index (κ3) is 3.58. The summed E-state index contributed by atoms with van der Waals surface area (Å²) in [6.07, 6.45) is 2.94. The Morgan fingerprint density at radius 1 is 1.07 bits per heavy atom. The first-order valence-corrected chi connectivity index (χ1v) is 9.23. The maximum atomic E-state index is 12.8. The Hall–Kier alpha value is -3.45. The fourth-order valence-electron chi connectivity index (χ4n) is 2.73. The first-order valence-electron chi connectivity index (χ1n) is 8.35. The average molecular weight is 376 g/mol. The first-order chi connectivity index (χ1) is 13.2. The van der Waals surface area contributed by atoms with Crippen LogP contribution >= 0.6 is 11.3 Å². The van der Waals surface area contributed by atoms with Gasteiger partial charge >= 0.3 is 0 Å². The van der Waals surface area contributed by atoms with Crippen molar-refractivity contribution in [2.75, 3.05) is 5.01 Å². The second-order valence-corrected chi connectivity index (χ2v) is 6.75. The number of aromatic nitrogens is 2. The Labute approximate surface area is 159 Å². The normalized spacial score (nSPS) is 10.7. The van der Waals surface area contributed by atoms with E-state index in [0.29, 0.717) is 11.5 Å². The highest BCUT2D eigenvalue weighted by molar-refractivity contribution is 7.15. The molecule has 0 saturated heterocycles. The van der Waals surface area contributed by atoms with E-state index in [4.69, 9.17) is 0 Å². The highest BCUT2D eigenvalue weighted by Gasteiger charge is 2.17. The molecule has 1 N–H and O–H groups in total. The number of thiazole rings is 1. The molecule has 0 bridgehead atoms. The summed E-state index contributed by atoms with van der Waals surface area (Å²) < 4.78 is 1.38. The van der Waals surface area contributed by atoms with Gasteiger partial charge in [0, 0.05) is 17.8 Å². The largest absolute Gasteiger partial charge is 0.281 e. The second kappa shape index (κ2) is 7.43. The summed E-state index contributed by atoms with van der Waals surface area (Å²) in [5.74, 6) is -0.493. The summed E-state index contributed by atoms with van der Waals surface area (Å²) in [6, 6.07) is 19.3. The molecule has 27 heavy (non-hydrogen) atoms. The third-order valence-electron chi connectivity index (χ3n) is 4.08. The summed E-state index contributed by atoms with van der Waals surface area (Å²) >= 11 is 1.34. The van der Waals surface area contributed by atoms with Crippen LogP contribution in [0.3, 0.4) is 0 Å². The zero-order valence-corrected chi connectivity index (χ0v) is 15.1. The van der Waals surface area contributed by atoms with Gasteiger partial charge in [-0.15, -0.1) is 11.3 Å². The smallest absolute Gasteiger partial charge is 0.277 e. The van der Waals surface area contributed by atoms with Gasteiger partial charge in [-0.25, -0.2) is 4.98 Å². The van der Waals surface area contributed by atoms with E-state index in [1.165, 1.54) is 21.9 Å². The molecule has 0 aliphatic rings. The molecule has 0 unspecified atom stereocenters. The molecule has 2 heterocycles. The molecule has 2 aromatic carbocycles. The molecular weight excluding hydrogens is 360 g/mol. The van der Waals surface area contributed by atoms with Crippen LogP contribution in [-0.4, -0.2) is 15.3 Å². The number of anilines is 1. The van der Waals surface area contributed by atoms with Crippen molar-refractivity contribution in [1.29, 1.82) is 0 Å². The summed E-state index contributed by atoms with van der Waals surface area (Å²) in [5, 5.41) is 3.48. The van der Waals surface area contributed by atoms with Gasteiger partial charge in [0.2, 0.25) is 0 Å². The van der Waals surface area contributed by atoms with Crippen molar-refractivity contribution in [2.45, 2.75) is 6.54 Å². The number of rotatable bonds is 5. The zero-order chi connectivity index (χ0) is 18.6. The lowest BCUT2D eigenvalue weighted by Crippen LogP contribution is -2.44. The molecule has 1 amide bonds. The molecule has 0 fully saturated rings. The van der Waals surface area contributed by atoms with Crippen molar-refractivity contribution < 1.29 is 4.79 Å². The molecule has 0 spiro atoms. The van der Waals surface area contributed by atoms with Crippen LogP contribution in [0.2, 0.25) is 0 Å². The first kappa shape index (κ1) is 17.0. The predicted octanol–water partition coefficient (Wildman–Crippen LogP) is 3.11. The van der Waals surface area contributed by atoms with Crippen LogP contribution in [0.15, 0.2) is 83.2 Å². The fourth-order valence-corrected chi connectivity index (χ4v) is 3.41. The summed E-state index contributed by atoms with van der Waals surface area (Å²) in [4.78, 5) is 30.1. The maximum absolute atomic E-state index is 12.8. The van der Waals surface area contributed by atoms with E-state index < -0.39 is 5.91 Å². The maximum Gasteiger partial charge on any atom is 0.277 e. The van der Waals surface area contributed by atoms with Crippen molar-refractivity contribution in [2.24, 2.45) is 0 Å². The average Bonchev–Trinajstić information content (AvgIpc) is 3.19. The topological polar surface area (TPSA) is 66.7 Å². The predicted molar refractivity (Wildman–Crippen MR) is 106 cm³/mol. The monoisotopic (exact) mass is 376 g/mol. The Balaban J connectivity index is 1.65. The fraction of sp³-hybridized carbons (Fsp3) is 0.0500.